The molecule has 0 bridgehead atoms. The zero-order valence-electron chi connectivity index (χ0n) is 15.6. The molecule has 10 heteroatoms. The van der Waals surface area contributed by atoms with Crippen LogP contribution in [0.5, 0.6) is 0 Å². The van der Waals surface area contributed by atoms with Crippen LogP contribution in [0.3, 0.4) is 0 Å². The first-order chi connectivity index (χ1) is 13.7. The number of benzene rings is 1. The summed E-state index contributed by atoms with van der Waals surface area (Å²) in [7, 11) is -3.62. The van der Waals surface area contributed by atoms with Gasteiger partial charge in [0, 0.05) is 25.1 Å². The number of carbonyl (C=O) groups is 3. The lowest BCUT2D eigenvalue weighted by molar-refractivity contribution is -0.136. The Balaban J connectivity index is 1.48. The second kappa shape index (κ2) is 7.36. The van der Waals surface area contributed by atoms with E-state index >= 15 is 0 Å². The summed E-state index contributed by atoms with van der Waals surface area (Å²) in [6.45, 7) is 2.18. The summed E-state index contributed by atoms with van der Waals surface area (Å²) in [6.07, 6.45) is 0.503. The molecule has 1 aromatic carbocycles. The molecule has 29 heavy (non-hydrogen) atoms. The van der Waals surface area contributed by atoms with Crippen molar-refractivity contribution in [3.8, 4) is 0 Å². The number of thiophene rings is 1. The highest BCUT2D eigenvalue weighted by molar-refractivity contribution is 7.91. The lowest BCUT2D eigenvalue weighted by atomic mass is 10.0. The second-order valence-corrected chi connectivity index (χ2v) is 10.1. The maximum absolute atomic E-state index is 12.8. The molecular weight excluding hydrogens is 414 g/mol. The van der Waals surface area contributed by atoms with E-state index in [0.29, 0.717) is 24.1 Å². The predicted molar refractivity (Wildman–Crippen MR) is 106 cm³/mol. The van der Waals surface area contributed by atoms with Crippen LogP contribution in [0.1, 0.15) is 39.9 Å². The first kappa shape index (κ1) is 19.7. The van der Waals surface area contributed by atoms with Gasteiger partial charge in [0.15, 0.2) is 0 Å². The second-order valence-electron chi connectivity index (χ2n) is 7.16. The van der Waals surface area contributed by atoms with Crippen molar-refractivity contribution in [2.45, 2.75) is 43.1 Å². The third kappa shape index (κ3) is 3.83. The fourth-order valence-corrected chi connectivity index (χ4v) is 5.80. The number of hydrogen-bond acceptors (Lipinski definition) is 6. The third-order valence-electron chi connectivity index (χ3n) is 5.03. The zero-order valence-corrected chi connectivity index (χ0v) is 17.2. The Morgan fingerprint density at radius 3 is 2.72 bits per heavy atom. The molecule has 2 N–H and O–H groups in total. The first-order valence-electron chi connectivity index (χ1n) is 9.06. The number of hydrogen-bond donors (Lipinski definition) is 2. The summed E-state index contributed by atoms with van der Waals surface area (Å²) in [5.74, 6) is -1.07. The van der Waals surface area contributed by atoms with Crippen LogP contribution in [0.15, 0.2) is 33.9 Å². The largest absolute Gasteiger partial charge is 0.322 e. The summed E-state index contributed by atoms with van der Waals surface area (Å²) in [4.78, 5) is 37.7. The molecule has 0 aliphatic carbocycles. The number of fused-ring (bicyclic) bond motifs is 1. The SMILES string of the molecule is Cc1csc(S(=O)(=O)NCc2ccc3c(c2)C(=O)N(C2CCC(=O)NC2=O)C3)c1. The molecule has 3 heterocycles. The molecule has 152 valence electrons. The molecule has 1 atom stereocenters. The normalized spacial score (nSPS) is 19.4. The molecule has 1 unspecified atom stereocenters. The van der Waals surface area contributed by atoms with Crippen molar-refractivity contribution < 1.29 is 22.8 Å². The van der Waals surface area contributed by atoms with E-state index in [1.165, 1.54) is 4.90 Å². The molecule has 2 aromatic rings. The van der Waals surface area contributed by atoms with E-state index in [0.717, 1.165) is 22.5 Å². The number of imide groups is 1. The zero-order chi connectivity index (χ0) is 20.8. The number of sulfonamides is 1. The number of carbonyl (C=O) groups excluding carboxylic acids is 3. The third-order valence-corrected chi connectivity index (χ3v) is 7.99. The minimum Gasteiger partial charge on any atom is -0.322 e. The number of nitrogens with one attached hydrogen (secondary N) is 2. The van der Waals surface area contributed by atoms with Crippen molar-refractivity contribution in [3.05, 3.63) is 51.9 Å². The highest BCUT2D eigenvalue weighted by Crippen LogP contribution is 2.28. The molecule has 0 saturated carbocycles. The van der Waals surface area contributed by atoms with Gasteiger partial charge in [0.2, 0.25) is 21.8 Å². The average Bonchev–Trinajstić information content (AvgIpc) is 3.25. The van der Waals surface area contributed by atoms with Crippen LogP contribution >= 0.6 is 11.3 Å². The van der Waals surface area contributed by atoms with E-state index in [9.17, 15) is 22.8 Å². The maximum Gasteiger partial charge on any atom is 0.255 e. The summed E-state index contributed by atoms with van der Waals surface area (Å²) in [5, 5.41) is 4.04. The number of rotatable bonds is 5. The van der Waals surface area contributed by atoms with Crippen molar-refractivity contribution in [1.29, 1.82) is 0 Å². The van der Waals surface area contributed by atoms with Crippen LogP contribution in [0.25, 0.3) is 0 Å². The Morgan fingerprint density at radius 1 is 1.24 bits per heavy atom. The van der Waals surface area contributed by atoms with Gasteiger partial charge in [0.25, 0.3) is 5.91 Å². The average molecular weight is 434 g/mol. The number of amides is 3. The number of aryl methyl sites for hydroxylation is 1. The fraction of sp³-hybridized carbons (Fsp3) is 0.316. The Kier molecular flexibility index (Phi) is 5.01. The van der Waals surface area contributed by atoms with Crippen molar-refractivity contribution in [3.63, 3.8) is 0 Å². The molecule has 2 aliphatic rings. The van der Waals surface area contributed by atoms with Crippen LogP contribution in [0, 0.1) is 6.92 Å². The van der Waals surface area contributed by atoms with Crippen LogP contribution in [0.2, 0.25) is 0 Å². The standard InChI is InChI=1S/C19H19N3O5S2/c1-11-6-17(28-10-11)29(26,27)20-8-12-2-3-13-9-22(19(25)14(13)7-12)15-4-5-16(23)21-18(15)24/h2-3,6-7,10,15,20H,4-5,8-9H2,1H3,(H,21,23,24). The van der Waals surface area contributed by atoms with Gasteiger partial charge < -0.3 is 4.90 Å². The van der Waals surface area contributed by atoms with Gasteiger partial charge in [-0.25, -0.2) is 13.1 Å². The summed E-state index contributed by atoms with van der Waals surface area (Å²) in [6, 6.07) is 6.14. The minimum absolute atomic E-state index is 0.0538. The molecule has 1 aromatic heterocycles. The van der Waals surface area contributed by atoms with E-state index in [1.807, 2.05) is 6.92 Å². The number of nitrogens with zero attached hydrogens (tertiary/aromatic N) is 1. The van der Waals surface area contributed by atoms with Crippen molar-refractivity contribution in [2.75, 3.05) is 0 Å². The molecule has 2 aliphatic heterocycles. The molecule has 1 saturated heterocycles. The maximum atomic E-state index is 12.8. The quantitative estimate of drug-likeness (QED) is 0.690. The molecule has 3 amide bonds. The molecule has 8 nitrogen and oxygen atoms in total. The molecule has 1 fully saturated rings. The first-order valence-corrected chi connectivity index (χ1v) is 11.4. The highest BCUT2D eigenvalue weighted by atomic mass is 32.2. The van der Waals surface area contributed by atoms with E-state index in [2.05, 4.69) is 10.0 Å². The Bertz CT molecular complexity index is 1120. The van der Waals surface area contributed by atoms with Gasteiger partial charge in [-0.2, -0.15) is 0 Å². The fourth-order valence-electron chi connectivity index (χ4n) is 3.51. The summed E-state index contributed by atoms with van der Waals surface area (Å²) >= 11 is 1.16. The van der Waals surface area contributed by atoms with Gasteiger partial charge in [-0.05, 0) is 47.5 Å². The van der Waals surface area contributed by atoms with Gasteiger partial charge in [0.05, 0.1) is 0 Å². The van der Waals surface area contributed by atoms with Gasteiger partial charge in [0.1, 0.15) is 10.3 Å². The van der Waals surface area contributed by atoms with Crippen molar-refractivity contribution in [1.82, 2.24) is 14.9 Å². The van der Waals surface area contributed by atoms with E-state index in [4.69, 9.17) is 0 Å². The Morgan fingerprint density at radius 2 is 2.03 bits per heavy atom. The van der Waals surface area contributed by atoms with Crippen molar-refractivity contribution >= 4 is 39.1 Å². The topological polar surface area (TPSA) is 113 Å². The monoisotopic (exact) mass is 433 g/mol. The van der Waals surface area contributed by atoms with Crippen LogP contribution < -0.4 is 10.0 Å². The molecule has 0 spiro atoms. The van der Waals surface area contributed by atoms with E-state index in [1.54, 1.807) is 29.6 Å². The van der Waals surface area contributed by atoms with Crippen LogP contribution in [-0.4, -0.2) is 37.1 Å². The van der Waals surface area contributed by atoms with Gasteiger partial charge in [-0.3, -0.25) is 19.7 Å². The Labute approximate surface area is 172 Å². The predicted octanol–water partition coefficient (Wildman–Crippen LogP) is 1.30. The molecule has 0 radical (unpaired) electrons. The van der Waals surface area contributed by atoms with Gasteiger partial charge in [-0.1, -0.05) is 12.1 Å². The molecular formula is C19H19N3O5S2. The summed E-state index contributed by atoms with van der Waals surface area (Å²) in [5.41, 5.74) is 2.77. The van der Waals surface area contributed by atoms with Crippen molar-refractivity contribution in [2.24, 2.45) is 0 Å². The van der Waals surface area contributed by atoms with Gasteiger partial charge in [-0.15, -0.1) is 11.3 Å². The van der Waals surface area contributed by atoms with E-state index in [-0.39, 0.29) is 29.0 Å². The minimum atomic E-state index is -3.62. The highest BCUT2D eigenvalue weighted by Gasteiger charge is 2.39. The number of piperidine rings is 1. The smallest absolute Gasteiger partial charge is 0.255 e. The lowest BCUT2D eigenvalue weighted by Crippen LogP contribution is -2.52. The lowest BCUT2D eigenvalue weighted by Gasteiger charge is -2.29. The van der Waals surface area contributed by atoms with E-state index < -0.39 is 22.0 Å². The summed E-state index contributed by atoms with van der Waals surface area (Å²) < 4.78 is 27.6. The Hall–Kier alpha value is -2.56. The van der Waals surface area contributed by atoms with Gasteiger partial charge >= 0.3 is 0 Å². The molecule has 4 rings (SSSR count). The van der Waals surface area contributed by atoms with Crippen LogP contribution in [0.4, 0.5) is 0 Å². The van der Waals surface area contributed by atoms with Crippen LogP contribution in [-0.2, 0) is 32.7 Å².